The molecule has 2 aromatic carbocycles. The van der Waals surface area contributed by atoms with Crippen LogP contribution < -0.4 is 10.6 Å². The minimum absolute atomic E-state index is 0.0351. The quantitative estimate of drug-likeness (QED) is 0.875. The van der Waals surface area contributed by atoms with E-state index in [9.17, 15) is 14.0 Å². The Morgan fingerprint density at radius 2 is 1.88 bits per heavy atom. The van der Waals surface area contributed by atoms with Crippen molar-refractivity contribution in [1.82, 2.24) is 0 Å². The summed E-state index contributed by atoms with van der Waals surface area (Å²) >= 11 is 6.02. The number of amides is 2. The van der Waals surface area contributed by atoms with E-state index in [1.807, 2.05) is 12.1 Å². The van der Waals surface area contributed by atoms with Crippen molar-refractivity contribution in [2.75, 3.05) is 10.6 Å². The van der Waals surface area contributed by atoms with Gasteiger partial charge in [0.15, 0.2) is 0 Å². The first kappa shape index (κ1) is 16.5. The van der Waals surface area contributed by atoms with Crippen molar-refractivity contribution in [2.45, 2.75) is 25.2 Å². The summed E-state index contributed by atoms with van der Waals surface area (Å²) < 4.78 is 13.7. The zero-order valence-corrected chi connectivity index (χ0v) is 13.8. The van der Waals surface area contributed by atoms with Crippen molar-refractivity contribution >= 4 is 34.8 Å². The number of benzene rings is 2. The van der Waals surface area contributed by atoms with Crippen molar-refractivity contribution in [3.8, 4) is 0 Å². The Morgan fingerprint density at radius 1 is 1.12 bits per heavy atom. The molecule has 1 fully saturated rings. The zero-order chi connectivity index (χ0) is 17.3. The van der Waals surface area contributed by atoms with E-state index in [0.29, 0.717) is 10.7 Å². The average Bonchev–Trinajstić information content (AvgIpc) is 3.32. The average molecular weight is 347 g/mol. The molecule has 0 heterocycles. The molecule has 1 aliphatic carbocycles. The molecular formula is C18H16ClFN2O2. The van der Waals surface area contributed by atoms with Crippen LogP contribution in [0.15, 0.2) is 42.5 Å². The van der Waals surface area contributed by atoms with Gasteiger partial charge < -0.3 is 10.6 Å². The first-order valence-corrected chi connectivity index (χ1v) is 7.93. The Balaban J connectivity index is 1.81. The van der Waals surface area contributed by atoms with Gasteiger partial charge in [-0.1, -0.05) is 23.7 Å². The van der Waals surface area contributed by atoms with Crippen molar-refractivity contribution < 1.29 is 14.0 Å². The van der Waals surface area contributed by atoms with Gasteiger partial charge in [0.1, 0.15) is 5.82 Å². The SMILES string of the molecule is CC(=O)Nc1cc(NC(=O)C2(c3cccc(Cl)c3)CC2)ccc1F. The van der Waals surface area contributed by atoms with Crippen LogP contribution in [0, 0.1) is 5.82 Å². The smallest absolute Gasteiger partial charge is 0.235 e. The van der Waals surface area contributed by atoms with Gasteiger partial charge in [-0.05, 0) is 48.7 Å². The topological polar surface area (TPSA) is 58.2 Å². The first-order valence-electron chi connectivity index (χ1n) is 7.55. The molecule has 2 N–H and O–H groups in total. The van der Waals surface area contributed by atoms with E-state index in [0.717, 1.165) is 18.4 Å². The second-order valence-corrected chi connectivity index (χ2v) is 6.36. The lowest BCUT2D eigenvalue weighted by Gasteiger charge is -2.17. The van der Waals surface area contributed by atoms with Crippen LogP contribution in [0.3, 0.4) is 0 Å². The maximum absolute atomic E-state index is 13.7. The molecule has 0 aliphatic heterocycles. The van der Waals surface area contributed by atoms with Crippen LogP contribution >= 0.6 is 11.6 Å². The van der Waals surface area contributed by atoms with Gasteiger partial charge in [-0.3, -0.25) is 9.59 Å². The lowest BCUT2D eigenvalue weighted by Crippen LogP contribution is -2.27. The molecule has 6 heteroatoms. The second kappa shape index (κ2) is 6.24. The van der Waals surface area contributed by atoms with Gasteiger partial charge in [-0.15, -0.1) is 0 Å². The summed E-state index contributed by atoms with van der Waals surface area (Å²) in [6.07, 6.45) is 1.47. The largest absolute Gasteiger partial charge is 0.325 e. The Morgan fingerprint density at radius 3 is 2.50 bits per heavy atom. The van der Waals surface area contributed by atoms with Crippen LogP contribution in [0.25, 0.3) is 0 Å². The van der Waals surface area contributed by atoms with E-state index in [-0.39, 0.29) is 17.5 Å². The summed E-state index contributed by atoms with van der Waals surface area (Å²) in [6.45, 7) is 1.29. The number of nitrogens with one attached hydrogen (secondary N) is 2. The van der Waals surface area contributed by atoms with Crippen LogP contribution in [0.4, 0.5) is 15.8 Å². The number of hydrogen-bond acceptors (Lipinski definition) is 2. The summed E-state index contributed by atoms with van der Waals surface area (Å²) in [6, 6.07) is 11.3. The molecule has 4 nitrogen and oxygen atoms in total. The van der Waals surface area contributed by atoms with Crippen molar-refractivity contribution in [3.63, 3.8) is 0 Å². The van der Waals surface area contributed by atoms with E-state index < -0.39 is 11.2 Å². The van der Waals surface area contributed by atoms with E-state index >= 15 is 0 Å². The summed E-state index contributed by atoms with van der Waals surface area (Å²) in [5.74, 6) is -1.10. The zero-order valence-electron chi connectivity index (χ0n) is 13.0. The Hall–Kier alpha value is -2.40. The molecule has 0 unspecified atom stereocenters. The molecule has 3 rings (SSSR count). The highest BCUT2D eigenvalue weighted by atomic mass is 35.5. The summed E-state index contributed by atoms with van der Waals surface area (Å²) in [5.41, 5.74) is 0.746. The van der Waals surface area contributed by atoms with Crippen molar-refractivity contribution in [3.05, 3.63) is 58.9 Å². The van der Waals surface area contributed by atoms with Gasteiger partial charge in [0.05, 0.1) is 11.1 Å². The fraction of sp³-hybridized carbons (Fsp3) is 0.222. The molecule has 2 aromatic rings. The lowest BCUT2D eigenvalue weighted by atomic mass is 9.95. The van der Waals surface area contributed by atoms with Gasteiger partial charge in [0.25, 0.3) is 0 Å². The number of carbonyl (C=O) groups excluding carboxylic acids is 2. The highest BCUT2D eigenvalue weighted by Gasteiger charge is 2.51. The molecule has 2 amide bonds. The highest BCUT2D eigenvalue weighted by Crippen LogP contribution is 2.49. The third-order valence-electron chi connectivity index (χ3n) is 4.10. The van der Waals surface area contributed by atoms with Crippen LogP contribution in [-0.4, -0.2) is 11.8 Å². The Bertz CT molecular complexity index is 818. The van der Waals surface area contributed by atoms with E-state index in [4.69, 9.17) is 11.6 Å². The second-order valence-electron chi connectivity index (χ2n) is 5.92. The van der Waals surface area contributed by atoms with Crippen LogP contribution in [0.1, 0.15) is 25.3 Å². The van der Waals surface area contributed by atoms with Gasteiger partial charge in [0.2, 0.25) is 11.8 Å². The normalized spacial score (nSPS) is 14.8. The van der Waals surface area contributed by atoms with Gasteiger partial charge in [-0.2, -0.15) is 0 Å². The number of rotatable bonds is 4. The van der Waals surface area contributed by atoms with E-state index in [2.05, 4.69) is 10.6 Å². The number of anilines is 2. The number of hydrogen-bond donors (Lipinski definition) is 2. The van der Waals surface area contributed by atoms with Crippen LogP contribution in [0.2, 0.25) is 5.02 Å². The minimum atomic E-state index is -0.590. The molecule has 124 valence electrons. The van der Waals surface area contributed by atoms with Gasteiger partial charge in [0, 0.05) is 17.6 Å². The van der Waals surface area contributed by atoms with Crippen LogP contribution in [0.5, 0.6) is 0 Å². The third-order valence-corrected chi connectivity index (χ3v) is 4.33. The Labute approximate surface area is 144 Å². The first-order chi connectivity index (χ1) is 11.4. The summed E-state index contributed by atoms with van der Waals surface area (Å²) in [4.78, 5) is 23.8. The third kappa shape index (κ3) is 3.26. The molecule has 1 aliphatic rings. The molecule has 0 atom stereocenters. The summed E-state index contributed by atoms with van der Waals surface area (Å²) in [5, 5.41) is 5.79. The fourth-order valence-corrected chi connectivity index (χ4v) is 2.89. The van der Waals surface area contributed by atoms with Crippen LogP contribution in [-0.2, 0) is 15.0 Å². The molecule has 1 saturated carbocycles. The molecule has 24 heavy (non-hydrogen) atoms. The lowest BCUT2D eigenvalue weighted by molar-refractivity contribution is -0.118. The minimum Gasteiger partial charge on any atom is -0.325 e. The molecule has 0 saturated heterocycles. The molecule has 0 bridgehead atoms. The fourth-order valence-electron chi connectivity index (χ4n) is 2.70. The molecular weight excluding hydrogens is 331 g/mol. The van der Waals surface area contributed by atoms with Crippen molar-refractivity contribution in [2.24, 2.45) is 0 Å². The predicted molar refractivity (Wildman–Crippen MR) is 91.7 cm³/mol. The predicted octanol–water partition coefficient (Wildman–Crippen LogP) is 4.11. The molecule has 0 radical (unpaired) electrons. The Kier molecular flexibility index (Phi) is 4.28. The standard InChI is InChI=1S/C18H16ClFN2O2/c1-11(23)21-16-10-14(5-6-15(16)20)22-17(24)18(7-8-18)12-3-2-4-13(19)9-12/h2-6,9-10H,7-8H2,1H3,(H,21,23)(H,22,24). The monoisotopic (exact) mass is 346 g/mol. The molecule has 0 aromatic heterocycles. The maximum Gasteiger partial charge on any atom is 0.235 e. The van der Waals surface area contributed by atoms with Gasteiger partial charge >= 0.3 is 0 Å². The van der Waals surface area contributed by atoms with E-state index in [1.54, 1.807) is 12.1 Å². The summed E-state index contributed by atoms with van der Waals surface area (Å²) in [7, 11) is 0. The highest BCUT2D eigenvalue weighted by molar-refractivity contribution is 6.30. The maximum atomic E-state index is 13.7. The number of carbonyl (C=O) groups is 2. The van der Waals surface area contributed by atoms with Crippen molar-refractivity contribution in [1.29, 1.82) is 0 Å². The number of halogens is 2. The van der Waals surface area contributed by atoms with E-state index in [1.165, 1.54) is 25.1 Å². The van der Waals surface area contributed by atoms with Gasteiger partial charge in [-0.25, -0.2) is 4.39 Å². The molecule has 0 spiro atoms.